The van der Waals surface area contributed by atoms with Crippen molar-refractivity contribution in [3.63, 3.8) is 0 Å². The fraction of sp³-hybridized carbons (Fsp3) is 1.00. The highest BCUT2D eigenvalue weighted by Gasteiger charge is 2.27. The van der Waals surface area contributed by atoms with Gasteiger partial charge in [0.15, 0.2) is 0 Å². The van der Waals surface area contributed by atoms with Crippen molar-refractivity contribution < 1.29 is 5.11 Å². The van der Waals surface area contributed by atoms with Crippen LogP contribution < -0.4 is 0 Å². The molecule has 1 N–H and O–H groups in total. The van der Waals surface area contributed by atoms with Gasteiger partial charge in [0.1, 0.15) is 0 Å². The van der Waals surface area contributed by atoms with E-state index in [1.54, 1.807) is 0 Å². The van der Waals surface area contributed by atoms with E-state index in [0.717, 1.165) is 12.8 Å². The molecular weight excluding hydrogens is 186 g/mol. The fourth-order valence-corrected chi connectivity index (χ4v) is 2.47. The Balaban J connectivity index is 2.32. The van der Waals surface area contributed by atoms with Crippen LogP contribution in [0.15, 0.2) is 0 Å². The molecule has 2 nitrogen and oxygen atoms in total. The van der Waals surface area contributed by atoms with Gasteiger partial charge in [-0.25, -0.2) is 0 Å². The van der Waals surface area contributed by atoms with Crippen LogP contribution in [-0.4, -0.2) is 35.2 Å². The van der Waals surface area contributed by atoms with Crippen molar-refractivity contribution in [2.45, 2.75) is 70.9 Å². The van der Waals surface area contributed by atoms with Crippen molar-refractivity contribution in [2.75, 3.05) is 13.1 Å². The molecular formula is C13H27NO. The monoisotopic (exact) mass is 213 g/mol. The average Bonchev–Trinajstić information content (AvgIpc) is 2.65. The highest BCUT2D eigenvalue weighted by atomic mass is 16.3. The molecule has 1 saturated carbocycles. The van der Waals surface area contributed by atoms with Crippen LogP contribution in [0.2, 0.25) is 0 Å². The van der Waals surface area contributed by atoms with Gasteiger partial charge in [0.25, 0.3) is 0 Å². The van der Waals surface area contributed by atoms with Gasteiger partial charge in [-0.05, 0) is 45.2 Å². The Morgan fingerprint density at radius 3 is 2.07 bits per heavy atom. The maximum absolute atomic E-state index is 9.57. The maximum Gasteiger partial charge on any atom is 0.0555 e. The predicted molar refractivity (Wildman–Crippen MR) is 65.0 cm³/mol. The van der Waals surface area contributed by atoms with Gasteiger partial charge in [-0.2, -0.15) is 0 Å². The minimum absolute atomic E-state index is 0.0271. The first-order chi connectivity index (χ1) is 7.27. The number of aliphatic hydroxyl groups is 1. The zero-order valence-corrected chi connectivity index (χ0v) is 10.4. The Kier molecular flexibility index (Phi) is 6.26. The summed E-state index contributed by atoms with van der Waals surface area (Å²) in [6.45, 7) is 6.96. The minimum atomic E-state index is -0.0271. The van der Waals surface area contributed by atoms with Gasteiger partial charge in [-0.1, -0.05) is 26.7 Å². The SMILES string of the molecule is CCCCN(CCCC)C1CCC(O)C1. The Bertz CT molecular complexity index is 153. The van der Waals surface area contributed by atoms with E-state index in [-0.39, 0.29) is 6.10 Å². The number of nitrogens with zero attached hydrogens (tertiary/aromatic N) is 1. The molecule has 0 aliphatic heterocycles. The average molecular weight is 213 g/mol. The molecule has 0 spiro atoms. The molecule has 0 aromatic carbocycles. The first-order valence-corrected chi connectivity index (χ1v) is 6.70. The van der Waals surface area contributed by atoms with E-state index in [2.05, 4.69) is 18.7 Å². The first-order valence-electron chi connectivity index (χ1n) is 6.70. The van der Waals surface area contributed by atoms with Crippen LogP contribution in [0.5, 0.6) is 0 Å². The summed E-state index contributed by atoms with van der Waals surface area (Å²) in [4.78, 5) is 2.61. The van der Waals surface area contributed by atoms with E-state index in [4.69, 9.17) is 0 Å². The molecule has 1 aliphatic carbocycles. The van der Waals surface area contributed by atoms with Gasteiger partial charge in [0.05, 0.1) is 6.10 Å². The van der Waals surface area contributed by atoms with E-state index in [1.807, 2.05) is 0 Å². The second kappa shape index (κ2) is 7.24. The summed E-state index contributed by atoms with van der Waals surface area (Å²) in [7, 11) is 0. The molecule has 2 atom stereocenters. The Labute approximate surface area is 94.7 Å². The zero-order valence-electron chi connectivity index (χ0n) is 10.4. The Morgan fingerprint density at radius 1 is 1.07 bits per heavy atom. The predicted octanol–water partition coefficient (Wildman–Crippen LogP) is 2.80. The maximum atomic E-state index is 9.57. The van der Waals surface area contributed by atoms with Crippen LogP contribution in [-0.2, 0) is 0 Å². The highest BCUT2D eigenvalue weighted by Crippen LogP contribution is 2.24. The summed E-state index contributed by atoms with van der Waals surface area (Å²) < 4.78 is 0. The summed E-state index contributed by atoms with van der Waals surface area (Å²) >= 11 is 0. The molecule has 90 valence electrons. The lowest BCUT2D eigenvalue weighted by Gasteiger charge is -2.28. The number of hydrogen-bond donors (Lipinski definition) is 1. The van der Waals surface area contributed by atoms with Gasteiger partial charge in [-0.3, -0.25) is 0 Å². The van der Waals surface area contributed by atoms with E-state index < -0.39 is 0 Å². The molecule has 0 aromatic rings. The van der Waals surface area contributed by atoms with Crippen molar-refractivity contribution >= 4 is 0 Å². The Morgan fingerprint density at radius 2 is 1.67 bits per heavy atom. The van der Waals surface area contributed by atoms with Gasteiger partial charge in [-0.15, -0.1) is 0 Å². The lowest BCUT2D eigenvalue weighted by Crippen LogP contribution is -2.35. The normalized spacial score (nSPS) is 26.4. The number of hydrogen-bond acceptors (Lipinski definition) is 2. The Hall–Kier alpha value is -0.0800. The molecule has 0 saturated heterocycles. The van der Waals surface area contributed by atoms with Crippen LogP contribution in [0.4, 0.5) is 0 Å². The molecule has 0 radical (unpaired) electrons. The molecule has 1 fully saturated rings. The van der Waals surface area contributed by atoms with Crippen molar-refractivity contribution in [3.05, 3.63) is 0 Å². The molecule has 0 heterocycles. The lowest BCUT2D eigenvalue weighted by molar-refractivity contribution is 0.148. The fourth-order valence-electron chi connectivity index (χ4n) is 2.47. The molecule has 0 bridgehead atoms. The molecule has 1 rings (SSSR count). The van der Waals surface area contributed by atoms with Crippen molar-refractivity contribution in [1.82, 2.24) is 4.90 Å². The first kappa shape index (κ1) is 13.0. The molecule has 15 heavy (non-hydrogen) atoms. The second-order valence-electron chi connectivity index (χ2n) is 4.86. The summed E-state index contributed by atoms with van der Waals surface area (Å²) in [5.41, 5.74) is 0. The van der Waals surface area contributed by atoms with Gasteiger partial charge < -0.3 is 10.0 Å². The zero-order chi connectivity index (χ0) is 11.1. The van der Waals surface area contributed by atoms with Crippen LogP contribution in [0.1, 0.15) is 58.8 Å². The topological polar surface area (TPSA) is 23.5 Å². The third-order valence-electron chi connectivity index (χ3n) is 3.49. The standard InChI is InChI=1S/C13H27NO/c1-3-5-9-14(10-6-4-2)12-7-8-13(15)11-12/h12-13,15H,3-11H2,1-2H3. The largest absolute Gasteiger partial charge is 0.393 e. The smallest absolute Gasteiger partial charge is 0.0555 e. The van der Waals surface area contributed by atoms with E-state index >= 15 is 0 Å². The number of aliphatic hydroxyl groups excluding tert-OH is 1. The highest BCUT2D eigenvalue weighted by molar-refractivity contribution is 4.82. The van der Waals surface area contributed by atoms with Gasteiger partial charge >= 0.3 is 0 Å². The summed E-state index contributed by atoms with van der Waals surface area (Å²) in [6, 6.07) is 0.665. The van der Waals surface area contributed by atoms with Gasteiger partial charge in [0.2, 0.25) is 0 Å². The molecule has 0 amide bonds. The van der Waals surface area contributed by atoms with E-state index in [1.165, 1.54) is 45.2 Å². The number of unbranched alkanes of at least 4 members (excludes halogenated alkanes) is 2. The van der Waals surface area contributed by atoms with Crippen molar-refractivity contribution in [2.24, 2.45) is 0 Å². The van der Waals surface area contributed by atoms with Crippen LogP contribution in [0.25, 0.3) is 0 Å². The molecule has 0 aromatic heterocycles. The van der Waals surface area contributed by atoms with Crippen LogP contribution >= 0.6 is 0 Å². The van der Waals surface area contributed by atoms with Crippen molar-refractivity contribution in [1.29, 1.82) is 0 Å². The summed E-state index contributed by atoms with van der Waals surface area (Å²) in [6.07, 6.45) is 8.35. The quantitative estimate of drug-likeness (QED) is 0.703. The van der Waals surface area contributed by atoms with Gasteiger partial charge in [0, 0.05) is 6.04 Å². The van der Waals surface area contributed by atoms with Crippen molar-refractivity contribution in [3.8, 4) is 0 Å². The number of rotatable bonds is 7. The summed E-state index contributed by atoms with van der Waals surface area (Å²) in [5.74, 6) is 0. The lowest BCUT2D eigenvalue weighted by atomic mass is 10.1. The molecule has 2 heteroatoms. The van der Waals surface area contributed by atoms with E-state index in [0.29, 0.717) is 6.04 Å². The second-order valence-corrected chi connectivity index (χ2v) is 4.86. The third kappa shape index (κ3) is 4.52. The molecule has 2 unspecified atom stereocenters. The third-order valence-corrected chi connectivity index (χ3v) is 3.49. The molecule has 1 aliphatic rings. The summed E-state index contributed by atoms with van der Waals surface area (Å²) in [5, 5.41) is 9.57. The van der Waals surface area contributed by atoms with E-state index in [9.17, 15) is 5.11 Å². The minimum Gasteiger partial charge on any atom is -0.393 e. The van der Waals surface area contributed by atoms with Crippen LogP contribution in [0, 0.1) is 0 Å². The van der Waals surface area contributed by atoms with Crippen LogP contribution in [0.3, 0.4) is 0 Å².